The van der Waals surface area contributed by atoms with E-state index in [1.165, 1.54) is 10.9 Å². The van der Waals surface area contributed by atoms with Crippen molar-refractivity contribution in [1.82, 2.24) is 9.55 Å². The Bertz CT molecular complexity index is 1180. The number of aromatic nitrogens is 2. The number of nitrogens with zero attached hydrogens (tertiary/aromatic N) is 3. The van der Waals surface area contributed by atoms with E-state index in [4.69, 9.17) is 4.74 Å². The molecule has 1 aliphatic heterocycles. The van der Waals surface area contributed by atoms with Crippen molar-refractivity contribution in [1.29, 1.82) is 0 Å². The van der Waals surface area contributed by atoms with Gasteiger partial charge >= 0.3 is 5.97 Å². The molecule has 0 radical (unpaired) electrons. The summed E-state index contributed by atoms with van der Waals surface area (Å²) in [4.78, 5) is 45.1. The van der Waals surface area contributed by atoms with Gasteiger partial charge in [-0.1, -0.05) is 18.2 Å². The summed E-state index contributed by atoms with van der Waals surface area (Å²) in [6.07, 6.45) is 2.17. The molecule has 7 nitrogen and oxygen atoms in total. The fraction of sp³-hybridized carbons (Fsp3) is 0.333. The summed E-state index contributed by atoms with van der Waals surface area (Å²) in [7, 11) is 0. The van der Waals surface area contributed by atoms with E-state index < -0.39 is 5.97 Å². The summed E-state index contributed by atoms with van der Waals surface area (Å²) in [5, 5.41) is 0.364. The normalized spacial score (nSPS) is 15.6. The Labute approximate surface area is 171 Å². The van der Waals surface area contributed by atoms with Gasteiger partial charge in [-0.15, -0.1) is 11.3 Å². The Morgan fingerprint density at radius 2 is 2.07 bits per heavy atom. The summed E-state index contributed by atoms with van der Waals surface area (Å²) in [6, 6.07) is 7.84. The number of esters is 1. The first-order valence-electron chi connectivity index (χ1n) is 9.48. The van der Waals surface area contributed by atoms with Crippen molar-refractivity contribution >= 4 is 39.1 Å². The lowest BCUT2D eigenvalue weighted by Gasteiger charge is -2.23. The lowest BCUT2D eigenvalue weighted by atomic mass is 10.1. The van der Waals surface area contributed by atoms with Crippen LogP contribution in [0.1, 0.15) is 34.6 Å². The lowest BCUT2D eigenvalue weighted by molar-refractivity contribution is -0.119. The van der Waals surface area contributed by atoms with Crippen LogP contribution in [0.25, 0.3) is 10.2 Å². The quantitative estimate of drug-likeness (QED) is 0.617. The van der Waals surface area contributed by atoms with Crippen LogP contribution in [-0.4, -0.2) is 34.1 Å². The first-order valence-corrected chi connectivity index (χ1v) is 10.3. The molecule has 1 atom stereocenters. The highest BCUT2D eigenvalue weighted by Gasteiger charge is 2.31. The van der Waals surface area contributed by atoms with Gasteiger partial charge in [0.25, 0.3) is 5.56 Å². The predicted octanol–water partition coefficient (Wildman–Crippen LogP) is 2.92. The van der Waals surface area contributed by atoms with E-state index >= 15 is 0 Å². The zero-order valence-electron chi connectivity index (χ0n) is 16.5. The second-order valence-corrected chi connectivity index (χ2v) is 8.08. The third-order valence-corrected chi connectivity index (χ3v) is 6.34. The fourth-order valence-corrected chi connectivity index (χ4v) is 4.86. The molecule has 0 fully saturated rings. The van der Waals surface area contributed by atoms with Crippen LogP contribution in [0, 0.1) is 6.92 Å². The van der Waals surface area contributed by atoms with Crippen LogP contribution in [0.5, 0.6) is 0 Å². The number of fused-ring (bicyclic) bond motifs is 2. The van der Waals surface area contributed by atoms with Crippen molar-refractivity contribution in [2.75, 3.05) is 11.5 Å². The third-order valence-electron chi connectivity index (χ3n) is 5.16. The molecule has 0 saturated carbocycles. The van der Waals surface area contributed by atoms with Crippen LogP contribution in [-0.2, 0) is 22.5 Å². The van der Waals surface area contributed by atoms with Gasteiger partial charge in [0, 0.05) is 11.7 Å². The van der Waals surface area contributed by atoms with E-state index in [1.807, 2.05) is 31.2 Å². The number of para-hydroxylation sites is 1. The molecule has 1 amide bonds. The summed E-state index contributed by atoms with van der Waals surface area (Å²) in [6.45, 7) is 5.59. The molecule has 8 heteroatoms. The molecule has 0 unspecified atom stereocenters. The molecule has 2 aromatic heterocycles. The number of hydrogen-bond donors (Lipinski definition) is 0. The van der Waals surface area contributed by atoms with Gasteiger partial charge < -0.3 is 9.64 Å². The number of aryl methyl sites for hydroxylation is 1. The SMILES string of the molecule is CCOC(=O)c1sc2ncn(CC(=O)N3c4ccccc4C[C@H]3C)c(=O)c2c1C. The Kier molecular flexibility index (Phi) is 4.96. The first-order chi connectivity index (χ1) is 13.9. The van der Waals surface area contributed by atoms with Crippen LogP contribution in [0.15, 0.2) is 35.4 Å². The maximum Gasteiger partial charge on any atom is 0.348 e. The van der Waals surface area contributed by atoms with Gasteiger partial charge in [-0.25, -0.2) is 9.78 Å². The Hall–Kier alpha value is -3.00. The summed E-state index contributed by atoms with van der Waals surface area (Å²) >= 11 is 1.14. The summed E-state index contributed by atoms with van der Waals surface area (Å²) in [5.41, 5.74) is 2.24. The van der Waals surface area contributed by atoms with Gasteiger partial charge in [0.15, 0.2) is 0 Å². The lowest BCUT2D eigenvalue weighted by Crippen LogP contribution is -2.40. The molecule has 0 bridgehead atoms. The molecule has 1 aliphatic rings. The fourth-order valence-electron chi connectivity index (χ4n) is 3.83. The van der Waals surface area contributed by atoms with Crippen LogP contribution in [0.3, 0.4) is 0 Å². The van der Waals surface area contributed by atoms with Crippen molar-refractivity contribution < 1.29 is 14.3 Å². The first kappa shape index (κ1) is 19.3. The number of carbonyl (C=O) groups excluding carboxylic acids is 2. The van der Waals surface area contributed by atoms with Gasteiger partial charge in [0.1, 0.15) is 16.3 Å². The number of rotatable bonds is 4. The van der Waals surface area contributed by atoms with Crippen molar-refractivity contribution in [3.8, 4) is 0 Å². The van der Waals surface area contributed by atoms with Crippen LogP contribution in [0.2, 0.25) is 0 Å². The molecular formula is C21H21N3O4S. The maximum absolute atomic E-state index is 13.0. The van der Waals surface area contributed by atoms with Crippen LogP contribution in [0.4, 0.5) is 5.69 Å². The average Bonchev–Trinajstić information content (AvgIpc) is 3.21. The Morgan fingerprint density at radius 1 is 1.31 bits per heavy atom. The molecule has 3 heterocycles. The third kappa shape index (κ3) is 3.23. The number of hydrogen-bond acceptors (Lipinski definition) is 6. The largest absolute Gasteiger partial charge is 0.462 e. The number of benzene rings is 1. The molecular weight excluding hydrogens is 390 g/mol. The summed E-state index contributed by atoms with van der Waals surface area (Å²) < 4.78 is 6.37. The van der Waals surface area contributed by atoms with Crippen LogP contribution >= 0.6 is 11.3 Å². The number of ether oxygens (including phenoxy) is 1. The molecule has 0 N–H and O–H groups in total. The molecule has 0 aliphatic carbocycles. The molecule has 3 aromatic rings. The molecule has 0 spiro atoms. The van der Waals surface area contributed by atoms with E-state index in [-0.39, 0.29) is 30.7 Å². The van der Waals surface area contributed by atoms with Gasteiger partial charge in [0.2, 0.25) is 5.91 Å². The van der Waals surface area contributed by atoms with Crippen molar-refractivity contribution in [3.05, 3.63) is 57.0 Å². The van der Waals surface area contributed by atoms with Crippen molar-refractivity contribution in [2.45, 2.75) is 39.8 Å². The van der Waals surface area contributed by atoms with Gasteiger partial charge in [0.05, 0.1) is 18.3 Å². The zero-order chi connectivity index (χ0) is 20.7. The highest BCUT2D eigenvalue weighted by atomic mass is 32.1. The zero-order valence-corrected chi connectivity index (χ0v) is 17.3. The molecule has 4 rings (SSSR count). The average molecular weight is 411 g/mol. The van der Waals surface area contributed by atoms with E-state index in [1.54, 1.807) is 18.7 Å². The number of anilines is 1. The monoisotopic (exact) mass is 411 g/mol. The van der Waals surface area contributed by atoms with Gasteiger partial charge in [-0.2, -0.15) is 0 Å². The highest BCUT2D eigenvalue weighted by Crippen LogP contribution is 2.32. The maximum atomic E-state index is 13.0. The topological polar surface area (TPSA) is 81.5 Å². The minimum absolute atomic E-state index is 0.0330. The second kappa shape index (κ2) is 7.44. The summed E-state index contributed by atoms with van der Waals surface area (Å²) in [5.74, 6) is -0.623. The van der Waals surface area contributed by atoms with Crippen molar-refractivity contribution in [2.24, 2.45) is 0 Å². The highest BCUT2D eigenvalue weighted by molar-refractivity contribution is 7.20. The smallest absolute Gasteiger partial charge is 0.348 e. The molecule has 29 heavy (non-hydrogen) atoms. The minimum atomic E-state index is -0.461. The van der Waals surface area contributed by atoms with Crippen LogP contribution < -0.4 is 10.5 Å². The van der Waals surface area contributed by atoms with E-state index in [2.05, 4.69) is 4.98 Å². The number of amides is 1. The van der Waals surface area contributed by atoms with Crippen molar-refractivity contribution in [3.63, 3.8) is 0 Å². The van der Waals surface area contributed by atoms with E-state index in [9.17, 15) is 14.4 Å². The molecule has 1 aromatic carbocycles. The molecule has 0 saturated heterocycles. The minimum Gasteiger partial charge on any atom is -0.462 e. The number of thiophene rings is 1. The van der Waals surface area contributed by atoms with E-state index in [0.29, 0.717) is 20.7 Å². The van der Waals surface area contributed by atoms with Gasteiger partial charge in [-0.3, -0.25) is 14.2 Å². The van der Waals surface area contributed by atoms with Gasteiger partial charge in [-0.05, 0) is 44.4 Å². The number of carbonyl (C=O) groups is 2. The predicted molar refractivity (Wildman–Crippen MR) is 112 cm³/mol. The Balaban J connectivity index is 1.68. The Morgan fingerprint density at radius 3 is 2.83 bits per heavy atom. The standard InChI is InChI=1S/C21H21N3O4S/c1-4-28-21(27)18-13(3)17-19(29-18)22-11-23(20(17)26)10-16(25)24-12(2)9-14-7-5-6-8-15(14)24/h5-8,11-12H,4,9-10H2,1-3H3/t12-/m1/s1. The second-order valence-electron chi connectivity index (χ2n) is 7.08. The molecule has 150 valence electrons. The van der Waals surface area contributed by atoms with E-state index in [0.717, 1.165) is 29.0 Å².